The SMILES string of the molecule is C[C@]12CC[C@@H](O)C=C1CC[C@@H]1[C@@H]2CC[C@]2(C)[C@@H](c3ccc(=O)oc3)CC[C@@]12O. The standard InChI is InChI=1S/C24H32O4/c1-22-10-7-17(25)13-16(22)4-5-20-19(22)8-11-23(2)18(9-12-24(20,23)27)15-3-6-21(26)28-14-15/h3,6,13-14,17-20,25,27H,4-5,7-12H2,1-2H3/t17-,18-,19+,20-,22+,23-,24-/m1/s1. The molecular formula is C24H32O4. The third-order valence-corrected chi connectivity index (χ3v) is 9.40. The van der Waals surface area contributed by atoms with Crippen LogP contribution in [0.2, 0.25) is 0 Å². The summed E-state index contributed by atoms with van der Waals surface area (Å²) in [6.45, 7) is 4.65. The predicted molar refractivity (Wildman–Crippen MR) is 107 cm³/mol. The molecule has 0 saturated heterocycles. The van der Waals surface area contributed by atoms with Gasteiger partial charge in [0.05, 0.1) is 18.0 Å². The van der Waals surface area contributed by atoms with Crippen LogP contribution in [-0.4, -0.2) is 21.9 Å². The molecule has 4 nitrogen and oxygen atoms in total. The van der Waals surface area contributed by atoms with Crippen molar-refractivity contribution in [1.29, 1.82) is 0 Å². The largest absolute Gasteiger partial charge is 0.431 e. The van der Waals surface area contributed by atoms with Crippen molar-refractivity contribution in [2.75, 3.05) is 0 Å². The summed E-state index contributed by atoms with van der Waals surface area (Å²) in [5.41, 5.74) is 1.45. The second-order valence-corrected chi connectivity index (χ2v) is 10.3. The zero-order valence-corrected chi connectivity index (χ0v) is 17.0. The molecule has 3 saturated carbocycles. The highest BCUT2D eigenvalue weighted by molar-refractivity contribution is 5.31. The molecule has 152 valence electrons. The Morgan fingerprint density at radius 2 is 1.86 bits per heavy atom. The molecule has 4 heteroatoms. The lowest BCUT2D eigenvalue weighted by atomic mass is 9.45. The molecule has 0 spiro atoms. The van der Waals surface area contributed by atoms with E-state index in [-0.39, 0.29) is 28.5 Å². The number of rotatable bonds is 1. The number of hydrogen-bond acceptors (Lipinski definition) is 4. The van der Waals surface area contributed by atoms with Crippen LogP contribution in [0.3, 0.4) is 0 Å². The quantitative estimate of drug-likeness (QED) is 0.713. The lowest BCUT2D eigenvalue weighted by Crippen LogP contribution is -2.60. The van der Waals surface area contributed by atoms with Gasteiger partial charge in [0.15, 0.2) is 0 Å². The van der Waals surface area contributed by atoms with Crippen molar-refractivity contribution in [3.8, 4) is 0 Å². The van der Waals surface area contributed by atoms with E-state index in [0.717, 1.165) is 56.9 Å². The Morgan fingerprint density at radius 1 is 1.04 bits per heavy atom. The van der Waals surface area contributed by atoms with Gasteiger partial charge < -0.3 is 14.6 Å². The molecule has 28 heavy (non-hydrogen) atoms. The van der Waals surface area contributed by atoms with Gasteiger partial charge in [-0.25, -0.2) is 4.79 Å². The van der Waals surface area contributed by atoms with Crippen LogP contribution < -0.4 is 5.63 Å². The van der Waals surface area contributed by atoms with Crippen molar-refractivity contribution in [2.45, 2.75) is 82.8 Å². The van der Waals surface area contributed by atoms with Gasteiger partial charge in [-0.3, -0.25) is 0 Å². The van der Waals surface area contributed by atoms with Crippen LogP contribution in [0.25, 0.3) is 0 Å². The van der Waals surface area contributed by atoms with Crippen LogP contribution in [0.1, 0.15) is 76.7 Å². The normalized spacial score (nSPS) is 47.6. The van der Waals surface area contributed by atoms with Crippen LogP contribution in [0, 0.1) is 22.7 Å². The molecule has 1 aromatic rings. The number of aliphatic hydroxyl groups excluding tert-OH is 1. The van der Waals surface area contributed by atoms with Crippen LogP contribution in [-0.2, 0) is 0 Å². The molecule has 1 aromatic heterocycles. The highest BCUT2D eigenvalue weighted by Gasteiger charge is 2.66. The third kappa shape index (κ3) is 2.34. The van der Waals surface area contributed by atoms with E-state index in [9.17, 15) is 15.0 Å². The van der Waals surface area contributed by atoms with Gasteiger partial charge >= 0.3 is 5.63 Å². The molecule has 3 fully saturated rings. The number of fused-ring (bicyclic) bond motifs is 5. The number of hydrogen-bond donors (Lipinski definition) is 2. The molecule has 7 atom stereocenters. The Kier molecular flexibility index (Phi) is 4.03. The average molecular weight is 385 g/mol. The van der Waals surface area contributed by atoms with Crippen LogP contribution in [0.15, 0.2) is 39.3 Å². The Balaban J connectivity index is 1.51. The maximum atomic E-state index is 12.1. The summed E-state index contributed by atoms with van der Waals surface area (Å²) >= 11 is 0. The fraction of sp³-hybridized carbons (Fsp3) is 0.708. The maximum Gasteiger partial charge on any atom is 0.335 e. The summed E-state index contributed by atoms with van der Waals surface area (Å²) in [5, 5.41) is 22.3. The van der Waals surface area contributed by atoms with Gasteiger partial charge in [0.25, 0.3) is 0 Å². The zero-order chi connectivity index (χ0) is 19.7. The molecule has 0 aromatic carbocycles. The molecular weight excluding hydrogens is 352 g/mol. The summed E-state index contributed by atoms with van der Waals surface area (Å²) < 4.78 is 5.16. The van der Waals surface area contributed by atoms with E-state index in [4.69, 9.17) is 4.42 Å². The number of aliphatic hydroxyl groups is 2. The van der Waals surface area contributed by atoms with Crippen molar-refractivity contribution in [3.63, 3.8) is 0 Å². The van der Waals surface area contributed by atoms with Gasteiger partial charge in [-0.2, -0.15) is 0 Å². The van der Waals surface area contributed by atoms with Gasteiger partial charge in [-0.05, 0) is 86.2 Å². The molecule has 0 radical (unpaired) electrons. The smallest absolute Gasteiger partial charge is 0.335 e. The van der Waals surface area contributed by atoms with Gasteiger partial charge in [0, 0.05) is 11.5 Å². The van der Waals surface area contributed by atoms with E-state index in [1.165, 1.54) is 11.6 Å². The third-order valence-electron chi connectivity index (χ3n) is 9.40. The van der Waals surface area contributed by atoms with Crippen molar-refractivity contribution in [1.82, 2.24) is 0 Å². The first-order chi connectivity index (χ1) is 13.3. The van der Waals surface area contributed by atoms with Crippen LogP contribution in [0.5, 0.6) is 0 Å². The molecule has 0 unspecified atom stereocenters. The van der Waals surface area contributed by atoms with Crippen LogP contribution >= 0.6 is 0 Å². The van der Waals surface area contributed by atoms with E-state index < -0.39 is 5.60 Å². The Bertz CT molecular complexity index is 851. The second kappa shape index (κ2) is 6.06. The van der Waals surface area contributed by atoms with Gasteiger partial charge in [0.2, 0.25) is 0 Å². The first kappa shape index (κ1) is 18.6. The number of allylic oxidation sites excluding steroid dienone is 1. The van der Waals surface area contributed by atoms with Gasteiger partial charge in [0.1, 0.15) is 0 Å². The second-order valence-electron chi connectivity index (χ2n) is 10.3. The fourth-order valence-corrected chi connectivity index (χ4v) is 7.78. The molecule has 0 aliphatic heterocycles. The molecule has 0 amide bonds. The van der Waals surface area contributed by atoms with Crippen LogP contribution in [0.4, 0.5) is 0 Å². The van der Waals surface area contributed by atoms with E-state index >= 15 is 0 Å². The first-order valence-electron chi connectivity index (χ1n) is 11.0. The fourth-order valence-electron chi connectivity index (χ4n) is 7.78. The zero-order valence-electron chi connectivity index (χ0n) is 17.0. The van der Waals surface area contributed by atoms with Crippen molar-refractivity contribution in [2.24, 2.45) is 22.7 Å². The Labute approximate surface area is 166 Å². The Hall–Kier alpha value is -1.39. The lowest BCUT2D eigenvalue weighted by molar-refractivity contribution is -0.178. The van der Waals surface area contributed by atoms with E-state index in [2.05, 4.69) is 19.9 Å². The van der Waals surface area contributed by atoms with E-state index in [1.54, 1.807) is 6.26 Å². The molecule has 2 N–H and O–H groups in total. The van der Waals surface area contributed by atoms with E-state index in [0.29, 0.717) is 11.8 Å². The topological polar surface area (TPSA) is 70.7 Å². The summed E-state index contributed by atoms with van der Waals surface area (Å²) in [6, 6.07) is 3.40. The molecule has 5 rings (SSSR count). The minimum atomic E-state index is -0.665. The highest BCUT2D eigenvalue weighted by Crippen LogP contribution is 2.70. The monoisotopic (exact) mass is 384 g/mol. The van der Waals surface area contributed by atoms with E-state index in [1.807, 2.05) is 6.07 Å². The highest BCUT2D eigenvalue weighted by atomic mass is 16.4. The minimum Gasteiger partial charge on any atom is -0.431 e. The molecule has 4 aliphatic carbocycles. The molecule has 0 bridgehead atoms. The summed E-state index contributed by atoms with van der Waals surface area (Å²) in [4.78, 5) is 11.4. The first-order valence-corrected chi connectivity index (χ1v) is 11.0. The van der Waals surface area contributed by atoms with Crippen molar-refractivity contribution in [3.05, 3.63) is 46.0 Å². The summed E-state index contributed by atoms with van der Waals surface area (Å²) in [7, 11) is 0. The molecule has 4 aliphatic rings. The summed E-state index contributed by atoms with van der Waals surface area (Å²) in [5.74, 6) is 1.04. The maximum absolute atomic E-state index is 12.1. The Morgan fingerprint density at radius 3 is 2.61 bits per heavy atom. The van der Waals surface area contributed by atoms with Crippen molar-refractivity contribution < 1.29 is 14.6 Å². The van der Waals surface area contributed by atoms with Gasteiger partial charge in [-0.15, -0.1) is 0 Å². The minimum absolute atomic E-state index is 0.122. The van der Waals surface area contributed by atoms with Gasteiger partial charge in [-0.1, -0.05) is 25.5 Å². The lowest BCUT2D eigenvalue weighted by Gasteiger charge is -2.61. The predicted octanol–water partition coefficient (Wildman–Crippen LogP) is 4.16. The average Bonchev–Trinajstić information content (AvgIpc) is 2.95. The van der Waals surface area contributed by atoms with Crippen molar-refractivity contribution >= 4 is 0 Å². The molecule has 1 heterocycles. The summed E-state index contributed by atoms with van der Waals surface area (Å²) in [6.07, 6.45) is 11.2.